The van der Waals surface area contributed by atoms with Crippen molar-refractivity contribution in [1.29, 1.82) is 5.26 Å². The standard InChI is InChI=1S/C8H15N3O4S/c1-3-7(5-6-9)10-16(13,14)11-8(12)15-4-2/h7,10H,3-5H2,1-2H3,(H,11,12). The van der Waals surface area contributed by atoms with Crippen molar-refractivity contribution in [3.05, 3.63) is 0 Å². The van der Waals surface area contributed by atoms with Crippen LogP contribution in [0.15, 0.2) is 0 Å². The highest BCUT2D eigenvalue weighted by atomic mass is 32.2. The molecule has 0 bridgehead atoms. The third-order valence-corrected chi connectivity index (χ3v) is 2.72. The van der Waals surface area contributed by atoms with E-state index in [9.17, 15) is 13.2 Å². The quantitative estimate of drug-likeness (QED) is 0.701. The number of nitrogens with one attached hydrogen (secondary N) is 2. The van der Waals surface area contributed by atoms with E-state index in [1.54, 1.807) is 18.6 Å². The van der Waals surface area contributed by atoms with E-state index in [2.05, 4.69) is 9.46 Å². The molecule has 0 aliphatic rings. The SMILES string of the molecule is CCOC(=O)NS(=O)(=O)NC(CC)CC#N. The highest BCUT2D eigenvalue weighted by molar-refractivity contribution is 7.88. The monoisotopic (exact) mass is 249 g/mol. The van der Waals surface area contributed by atoms with E-state index in [4.69, 9.17) is 5.26 Å². The molecule has 16 heavy (non-hydrogen) atoms. The van der Waals surface area contributed by atoms with Crippen LogP contribution in [0.2, 0.25) is 0 Å². The predicted octanol–water partition coefficient (Wildman–Crippen LogP) is 0.259. The second-order valence-electron chi connectivity index (χ2n) is 2.91. The summed E-state index contributed by atoms with van der Waals surface area (Å²) in [5.41, 5.74) is 0. The van der Waals surface area contributed by atoms with Gasteiger partial charge in [-0.3, -0.25) is 0 Å². The van der Waals surface area contributed by atoms with E-state index < -0.39 is 22.3 Å². The van der Waals surface area contributed by atoms with Gasteiger partial charge in [-0.25, -0.2) is 9.52 Å². The zero-order valence-corrected chi connectivity index (χ0v) is 10.0. The van der Waals surface area contributed by atoms with Crippen LogP contribution < -0.4 is 9.44 Å². The molecule has 0 fully saturated rings. The lowest BCUT2D eigenvalue weighted by Gasteiger charge is -2.13. The molecule has 92 valence electrons. The number of hydrogen-bond acceptors (Lipinski definition) is 5. The van der Waals surface area contributed by atoms with Gasteiger partial charge in [0.05, 0.1) is 19.1 Å². The average Bonchev–Trinajstić information content (AvgIpc) is 2.16. The van der Waals surface area contributed by atoms with E-state index in [1.807, 2.05) is 6.07 Å². The van der Waals surface area contributed by atoms with Gasteiger partial charge in [0.1, 0.15) is 0 Å². The predicted molar refractivity (Wildman–Crippen MR) is 56.5 cm³/mol. The summed E-state index contributed by atoms with van der Waals surface area (Å²) in [5.74, 6) is 0. The topological polar surface area (TPSA) is 108 Å². The number of nitrogens with zero attached hydrogens (tertiary/aromatic N) is 1. The molecule has 0 heterocycles. The van der Waals surface area contributed by atoms with Gasteiger partial charge in [-0.05, 0) is 13.3 Å². The molecule has 2 N–H and O–H groups in total. The van der Waals surface area contributed by atoms with Gasteiger partial charge in [0, 0.05) is 6.04 Å². The van der Waals surface area contributed by atoms with Crippen LogP contribution in [0.4, 0.5) is 4.79 Å². The molecule has 0 radical (unpaired) electrons. The maximum absolute atomic E-state index is 11.3. The lowest BCUT2D eigenvalue weighted by molar-refractivity contribution is 0.158. The molecule has 8 heteroatoms. The minimum Gasteiger partial charge on any atom is -0.449 e. The van der Waals surface area contributed by atoms with E-state index >= 15 is 0 Å². The van der Waals surface area contributed by atoms with Crippen molar-refractivity contribution in [3.63, 3.8) is 0 Å². The lowest BCUT2D eigenvalue weighted by Crippen LogP contribution is -2.45. The van der Waals surface area contributed by atoms with Crippen LogP contribution in [0.3, 0.4) is 0 Å². The number of carbonyl (C=O) groups excluding carboxylic acids is 1. The van der Waals surface area contributed by atoms with Crippen molar-refractivity contribution in [2.45, 2.75) is 32.7 Å². The molecule has 0 aromatic carbocycles. The summed E-state index contributed by atoms with van der Waals surface area (Å²) in [6, 6.07) is 1.33. The van der Waals surface area contributed by atoms with Gasteiger partial charge in [0.15, 0.2) is 0 Å². The highest BCUT2D eigenvalue weighted by Gasteiger charge is 2.19. The van der Waals surface area contributed by atoms with E-state index in [0.717, 1.165) is 0 Å². The van der Waals surface area contributed by atoms with E-state index in [0.29, 0.717) is 6.42 Å². The van der Waals surface area contributed by atoms with Gasteiger partial charge >= 0.3 is 16.3 Å². The van der Waals surface area contributed by atoms with Crippen molar-refractivity contribution in [2.75, 3.05) is 6.61 Å². The molecule has 0 saturated heterocycles. The van der Waals surface area contributed by atoms with Crippen molar-refractivity contribution >= 4 is 16.3 Å². The fourth-order valence-electron chi connectivity index (χ4n) is 0.899. The zero-order valence-electron chi connectivity index (χ0n) is 9.19. The Bertz CT molecular complexity index is 360. The Labute approximate surface area is 95.0 Å². The number of hydrogen-bond donors (Lipinski definition) is 2. The fourth-order valence-corrected chi connectivity index (χ4v) is 1.92. The van der Waals surface area contributed by atoms with Crippen LogP contribution in [0.5, 0.6) is 0 Å². The molecule has 0 aromatic rings. The minimum atomic E-state index is -3.96. The van der Waals surface area contributed by atoms with Gasteiger partial charge in [0.25, 0.3) is 0 Å². The smallest absolute Gasteiger partial charge is 0.421 e. The van der Waals surface area contributed by atoms with Gasteiger partial charge in [0.2, 0.25) is 0 Å². The van der Waals surface area contributed by atoms with Gasteiger partial charge in [-0.15, -0.1) is 0 Å². The summed E-state index contributed by atoms with van der Waals surface area (Å²) in [7, 11) is -3.96. The molecule has 1 unspecified atom stereocenters. The summed E-state index contributed by atoms with van der Waals surface area (Å²) >= 11 is 0. The molecule has 1 atom stereocenters. The van der Waals surface area contributed by atoms with Gasteiger partial charge in [-0.2, -0.15) is 18.4 Å². The molecular formula is C8H15N3O4S. The Morgan fingerprint density at radius 3 is 2.56 bits per heavy atom. The zero-order chi connectivity index (χ0) is 12.6. The Morgan fingerprint density at radius 1 is 1.50 bits per heavy atom. The summed E-state index contributed by atoms with van der Waals surface area (Å²) < 4.78 is 30.9. The maximum Gasteiger partial charge on any atom is 0.421 e. The first-order valence-electron chi connectivity index (χ1n) is 4.79. The number of nitriles is 1. The Kier molecular flexibility index (Phi) is 6.44. The van der Waals surface area contributed by atoms with Gasteiger partial charge < -0.3 is 4.74 Å². The summed E-state index contributed by atoms with van der Waals surface area (Å²) in [6.45, 7) is 3.37. The number of ether oxygens (including phenoxy) is 1. The van der Waals surface area contributed by atoms with Crippen LogP contribution in [0.1, 0.15) is 26.7 Å². The molecule has 7 nitrogen and oxygen atoms in total. The Balaban J connectivity index is 4.34. The minimum absolute atomic E-state index is 0.0419. The summed E-state index contributed by atoms with van der Waals surface area (Å²) in [5, 5.41) is 8.43. The Morgan fingerprint density at radius 2 is 2.12 bits per heavy atom. The number of rotatable bonds is 6. The number of carbonyl (C=O) groups is 1. The number of amides is 1. The first kappa shape index (κ1) is 14.7. The molecule has 0 rings (SSSR count). The van der Waals surface area contributed by atoms with Crippen LogP contribution in [0, 0.1) is 11.3 Å². The van der Waals surface area contributed by atoms with E-state index in [-0.39, 0.29) is 13.0 Å². The van der Waals surface area contributed by atoms with Crippen LogP contribution in [-0.2, 0) is 14.9 Å². The molecule has 0 saturated carbocycles. The summed E-state index contributed by atoms with van der Waals surface area (Å²) in [6.07, 6.45) is -0.542. The van der Waals surface area contributed by atoms with Crippen molar-refractivity contribution in [3.8, 4) is 6.07 Å². The second kappa shape index (κ2) is 7.03. The molecule has 0 spiro atoms. The molecule has 1 amide bonds. The van der Waals surface area contributed by atoms with Crippen molar-refractivity contribution < 1.29 is 17.9 Å². The fraction of sp³-hybridized carbons (Fsp3) is 0.750. The summed E-state index contributed by atoms with van der Waals surface area (Å²) in [4.78, 5) is 10.9. The Hall–Kier alpha value is -1.33. The average molecular weight is 249 g/mol. The normalized spacial score (nSPS) is 12.6. The van der Waals surface area contributed by atoms with E-state index in [1.165, 1.54) is 0 Å². The third kappa shape index (κ3) is 6.21. The van der Waals surface area contributed by atoms with Gasteiger partial charge in [-0.1, -0.05) is 6.92 Å². The first-order chi connectivity index (χ1) is 7.45. The van der Waals surface area contributed by atoms with Crippen molar-refractivity contribution in [2.24, 2.45) is 0 Å². The van der Waals surface area contributed by atoms with Crippen molar-refractivity contribution in [1.82, 2.24) is 9.44 Å². The van der Waals surface area contributed by atoms with Crippen LogP contribution in [0.25, 0.3) is 0 Å². The second-order valence-corrected chi connectivity index (χ2v) is 4.36. The van der Waals surface area contributed by atoms with Crippen LogP contribution >= 0.6 is 0 Å². The first-order valence-corrected chi connectivity index (χ1v) is 6.27. The molecule has 0 aliphatic carbocycles. The highest BCUT2D eigenvalue weighted by Crippen LogP contribution is 1.98. The molecule has 0 aliphatic heterocycles. The van der Waals surface area contributed by atoms with Crippen LogP contribution in [-0.4, -0.2) is 27.2 Å². The largest absolute Gasteiger partial charge is 0.449 e. The third-order valence-electron chi connectivity index (χ3n) is 1.65. The molecule has 0 aromatic heterocycles. The maximum atomic E-state index is 11.3. The molecular weight excluding hydrogens is 234 g/mol. The lowest BCUT2D eigenvalue weighted by atomic mass is 10.2.